The Labute approximate surface area is 166 Å². The standard InChI is InChI=1S/C23H29N3O2/c1-17-5-7-18(8-6-17)3-2-4-22(27)25-20-9-11-21(12-10-20)26-15-13-19(14-16-26)23(24)28/h5-12,19H,2-4,13-16H2,1H3,(H2,24,28)(H,25,27). The Balaban J connectivity index is 1.43. The molecule has 0 bridgehead atoms. The topological polar surface area (TPSA) is 75.4 Å². The first-order valence-electron chi connectivity index (χ1n) is 10.0. The summed E-state index contributed by atoms with van der Waals surface area (Å²) in [6.45, 7) is 3.74. The summed E-state index contributed by atoms with van der Waals surface area (Å²) in [6, 6.07) is 16.4. The van der Waals surface area contributed by atoms with Crippen LogP contribution in [0.15, 0.2) is 48.5 Å². The summed E-state index contributed by atoms with van der Waals surface area (Å²) in [7, 11) is 0. The van der Waals surface area contributed by atoms with Gasteiger partial charge in [0.25, 0.3) is 0 Å². The van der Waals surface area contributed by atoms with E-state index in [1.807, 2.05) is 24.3 Å². The molecule has 2 aromatic rings. The van der Waals surface area contributed by atoms with Gasteiger partial charge in [-0.1, -0.05) is 29.8 Å². The monoisotopic (exact) mass is 379 g/mol. The van der Waals surface area contributed by atoms with Gasteiger partial charge in [0.15, 0.2) is 0 Å². The Morgan fingerprint density at radius 2 is 1.68 bits per heavy atom. The van der Waals surface area contributed by atoms with Crippen LogP contribution in [0, 0.1) is 12.8 Å². The third-order valence-electron chi connectivity index (χ3n) is 5.40. The number of benzene rings is 2. The molecule has 0 spiro atoms. The molecule has 1 aliphatic rings. The van der Waals surface area contributed by atoms with Crippen molar-refractivity contribution in [2.24, 2.45) is 11.7 Å². The summed E-state index contributed by atoms with van der Waals surface area (Å²) in [5, 5.41) is 2.97. The fraction of sp³-hybridized carbons (Fsp3) is 0.391. The van der Waals surface area contributed by atoms with Crippen LogP contribution in [-0.2, 0) is 16.0 Å². The summed E-state index contributed by atoms with van der Waals surface area (Å²) in [4.78, 5) is 25.7. The van der Waals surface area contributed by atoms with Crippen LogP contribution in [0.25, 0.3) is 0 Å². The van der Waals surface area contributed by atoms with Gasteiger partial charge in [-0.2, -0.15) is 0 Å². The van der Waals surface area contributed by atoms with E-state index in [9.17, 15) is 9.59 Å². The highest BCUT2D eigenvalue weighted by atomic mass is 16.2. The largest absolute Gasteiger partial charge is 0.371 e. The minimum atomic E-state index is -0.194. The van der Waals surface area contributed by atoms with Crippen molar-refractivity contribution >= 4 is 23.2 Å². The summed E-state index contributed by atoms with van der Waals surface area (Å²) in [5.74, 6) is -0.156. The molecular formula is C23H29N3O2. The highest BCUT2D eigenvalue weighted by Crippen LogP contribution is 2.24. The molecule has 0 aliphatic carbocycles. The van der Waals surface area contributed by atoms with Gasteiger partial charge in [0, 0.05) is 36.8 Å². The number of hydrogen-bond donors (Lipinski definition) is 2. The number of carbonyl (C=O) groups is 2. The second-order valence-electron chi connectivity index (χ2n) is 7.60. The van der Waals surface area contributed by atoms with Crippen molar-refractivity contribution in [3.05, 3.63) is 59.7 Å². The molecule has 148 valence electrons. The zero-order valence-electron chi connectivity index (χ0n) is 16.5. The lowest BCUT2D eigenvalue weighted by Crippen LogP contribution is -2.38. The van der Waals surface area contributed by atoms with Gasteiger partial charge in [0.05, 0.1) is 0 Å². The van der Waals surface area contributed by atoms with Crippen LogP contribution in [-0.4, -0.2) is 24.9 Å². The lowest BCUT2D eigenvalue weighted by molar-refractivity contribution is -0.122. The predicted octanol–water partition coefficient (Wildman–Crippen LogP) is 3.66. The SMILES string of the molecule is Cc1ccc(CCCC(=O)Nc2ccc(N3CCC(C(N)=O)CC3)cc2)cc1. The number of primary amides is 1. The molecule has 1 heterocycles. The maximum Gasteiger partial charge on any atom is 0.224 e. The summed E-state index contributed by atoms with van der Waals surface area (Å²) in [6.07, 6.45) is 3.86. The van der Waals surface area contributed by atoms with Crippen molar-refractivity contribution in [1.82, 2.24) is 0 Å². The van der Waals surface area contributed by atoms with Crippen LogP contribution in [0.4, 0.5) is 11.4 Å². The maximum absolute atomic E-state index is 12.2. The Kier molecular flexibility index (Phi) is 6.69. The van der Waals surface area contributed by atoms with Crippen molar-refractivity contribution in [3.63, 3.8) is 0 Å². The smallest absolute Gasteiger partial charge is 0.224 e. The first kappa shape index (κ1) is 19.9. The van der Waals surface area contributed by atoms with E-state index in [0.717, 1.165) is 50.1 Å². The number of carbonyl (C=O) groups excluding carboxylic acids is 2. The van der Waals surface area contributed by atoms with Gasteiger partial charge in [-0.3, -0.25) is 9.59 Å². The number of piperidine rings is 1. The molecule has 3 rings (SSSR count). The molecule has 28 heavy (non-hydrogen) atoms. The number of nitrogens with two attached hydrogens (primary N) is 1. The zero-order chi connectivity index (χ0) is 19.9. The van der Waals surface area contributed by atoms with Crippen molar-refractivity contribution in [2.75, 3.05) is 23.3 Å². The predicted molar refractivity (Wildman–Crippen MR) is 113 cm³/mol. The number of hydrogen-bond acceptors (Lipinski definition) is 3. The van der Waals surface area contributed by atoms with E-state index in [2.05, 4.69) is 41.4 Å². The van der Waals surface area contributed by atoms with Gasteiger partial charge in [0.2, 0.25) is 11.8 Å². The summed E-state index contributed by atoms with van der Waals surface area (Å²) in [5.41, 5.74) is 9.84. The van der Waals surface area contributed by atoms with E-state index < -0.39 is 0 Å². The van der Waals surface area contributed by atoms with Crippen LogP contribution in [0.5, 0.6) is 0 Å². The number of anilines is 2. The summed E-state index contributed by atoms with van der Waals surface area (Å²) >= 11 is 0. The third kappa shape index (κ3) is 5.59. The molecule has 5 heteroatoms. The van der Waals surface area contributed by atoms with Gasteiger partial charge in [-0.15, -0.1) is 0 Å². The quantitative estimate of drug-likeness (QED) is 0.771. The number of amides is 2. The molecule has 3 N–H and O–H groups in total. The highest BCUT2D eigenvalue weighted by molar-refractivity contribution is 5.90. The Morgan fingerprint density at radius 1 is 1.04 bits per heavy atom. The molecule has 1 saturated heterocycles. The summed E-state index contributed by atoms with van der Waals surface area (Å²) < 4.78 is 0. The molecule has 0 radical (unpaired) electrons. The number of nitrogens with one attached hydrogen (secondary N) is 1. The molecule has 5 nitrogen and oxygen atoms in total. The van der Waals surface area contributed by atoms with Crippen LogP contribution in [0.3, 0.4) is 0 Å². The van der Waals surface area contributed by atoms with Gasteiger partial charge >= 0.3 is 0 Å². The third-order valence-corrected chi connectivity index (χ3v) is 5.40. The highest BCUT2D eigenvalue weighted by Gasteiger charge is 2.23. The van der Waals surface area contributed by atoms with E-state index in [1.165, 1.54) is 11.1 Å². The van der Waals surface area contributed by atoms with Crippen LogP contribution in [0.1, 0.15) is 36.8 Å². The first-order valence-corrected chi connectivity index (χ1v) is 10.0. The van der Waals surface area contributed by atoms with E-state index >= 15 is 0 Å². The Hall–Kier alpha value is -2.82. The van der Waals surface area contributed by atoms with Gasteiger partial charge in [-0.25, -0.2) is 0 Å². The van der Waals surface area contributed by atoms with Crippen molar-refractivity contribution in [3.8, 4) is 0 Å². The minimum absolute atomic E-state index is 0.00489. The number of aryl methyl sites for hydroxylation is 2. The van der Waals surface area contributed by atoms with Crippen molar-refractivity contribution in [1.29, 1.82) is 0 Å². The van der Waals surface area contributed by atoms with Crippen LogP contribution in [0.2, 0.25) is 0 Å². The molecular weight excluding hydrogens is 350 g/mol. The molecule has 0 atom stereocenters. The molecule has 1 aliphatic heterocycles. The molecule has 1 fully saturated rings. The number of nitrogens with zero attached hydrogens (tertiary/aromatic N) is 1. The molecule has 0 aromatic heterocycles. The lowest BCUT2D eigenvalue weighted by Gasteiger charge is -2.32. The average molecular weight is 380 g/mol. The first-order chi connectivity index (χ1) is 13.5. The maximum atomic E-state index is 12.2. The molecule has 2 amide bonds. The van der Waals surface area contributed by atoms with Gasteiger partial charge < -0.3 is 16.0 Å². The van der Waals surface area contributed by atoms with Gasteiger partial charge in [-0.05, 0) is 62.4 Å². The van der Waals surface area contributed by atoms with Gasteiger partial charge in [0.1, 0.15) is 0 Å². The second-order valence-corrected chi connectivity index (χ2v) is 7.60. The normalized spacial score (nSPS) is 14.7. The Morgan fingerprint density at radius 3 is 2.29 bits per heavy atom. The molecule has 2 aromatic carbocycles. The number of rotatable bonds is 7. The van der Waals surface area contributed by atoms with Crippen molar-refractivity contribution < 1.29 is 9.59 Å². The molecule has 0 unspecified atom stereocenters. The fourth-order valence-electron chi connectivity index (χ4n) is 3.61. The van der Waals surface area contributed by atoms with Crippen LogP contribution >= 0.6 is 0 Å². The van der Waals surface area contributed by atoms with E-state index in [0.29, 0.717) is 6.42 Å². The zero-order valence-corrected chi connectivity index (χ0v) is 16.5. The Bertz CT molecular complexity index is 792. The lowest BCUT2D eigenvalue weighted by atomic mass is 9.96. The van der Waals surface area contributed by atoms with E-state index in [1.54, 1.807) is 0 Å². The fourth-order valence-corrected chi connectivity index (χ4v) is 3.61. The molecule has 0 saturated carbocycles. The van der Waals surface area contributed by atoms with E-state index in [-0.39, 0.29) is 17.7 Å². The second kappa shape index (κ2) is 9.40. The van der Waals surface area contributed by atoms with E-state index in [4.69, 9.17) is 5.73 Å². The minimum Gasteiger partial charge on any atom is -0.371 e. The van der Waals surface area contributed by atoms with Crippen molar-refractivity contribution in [2.45, 2.75) is 39.0 Å². The average Bonchev–Trinajstić information content (AvgIpc) is 2.70. The van der Waals surface area contributed by atoms with Crippen LogP contribution < -0.4 is 16.0 Å².